The van der Waals surface area contributed by atoms with E-state index in [1.54, 1.807) is 29.8 Å². The van der Waals surface area contributed by atoms with Gasteiger partial charge in [-0.2, -0.15) is 0 Å². The van der Waals surface area contributed by atoms with Crippen molar-refractivity contribution in [3.63, 3.8) is 0 Å². The second-order valence-electron chi connectivity index (χ2n) is 3.71. The van der Waals surface area contributed by atoms with Crippen LogP contribution in [0.15, 0.2) is 36.1 Å². The van der Waals surface area contributed by atoms with Crippen LogP contribution in [0.1, 0.15) is 10.4 Å². The number of benzene rings is 1. The van der Waals surface area contributed by atoms with E-state index in [0.29, 0.717) is 21.4 Å². The van der Waals surface area contributed by atoms with Gasteiger partial charge in [-0.05, 0) is 28.6 Å². The Morgan fingerprint density at radius 2 is 2.30 bits per heavy atom. The number of hydrogen-bond donors (Lipinski definition) is 1. The van der Waals surface area contributed by atoms with Gasteiger partial charge in [0.25, 0.3) is 5.91 Å². The molecule has 2 aromatic heterocycles. The van der Waals surface area contributed by atoms with Crippen LogP contribution >= 0.6 is 22.9 Å². The molecule has 3 rings (SSSR count). The van der Waals surface area contributed by atoms with Gasteiger partial charge in [-0.15, -0.1) is 16.4 Å². The first kappa shape index (κ1) is 12.7. The van der Waals surface area contributed by atoms with Gasteiger partial charge in [-0.3, -0.25) is 10.1 Å². The molecule has 0 aliphatic carbocycles. The fraction of sp³-hybridized carbons (Fsp3) is 0. The molecular weight excluding hydrogens is 300 g/mol. The number of halogens is 1. The van der Waals surface area contributed by atoms with E-state index in [1.807, 2.05) is 0 Å². The third-order valence-electron chi connectivity index (χ3n) is 2.46. The van der Waals surface area contributed by atoms with Crippen molar-refractivity contribution in [2.75, 3.05) is 5.32 Å². The Balaban J connectivity index is 1.92. The summed E-state index contributed by atoms with van der Waals surface area (Å²) in [6.45, 7) is 0. The van der Waals surface area contributed by atoms with Crippen molar-refractivity contribution in [1.29, 1.82) is 0 Å². The highest BCUT2D eigenvalue weighted by Crippen LogP contribution is 2.21. The highest BCUT2D eigenvalue weighted by atomic mass is 35.5. The number of aromatic nitrogens is 5. The maximum absolute atomic E-state index is 12.2. The van der Waals surface area contributed by atoms with Gasteiger partial charge in [0.05, 0.1) is 16.3 Å². The van der Waals surface area contributed by atoms with Gasteiger partial charge in [-0.1, -0.05) is 11.6 Å². The summed E-state index contributed by atoms with van der Waals surface area (Å²) in [4.78, 5) is 16.2. The quantitative estimate of drug-likeness (QED) is 0.800. The number of carbonyl (C=O) groups excluding carboxylic acids is 1. The second kappa shape index (κ2) is 5.35. The average molecular weight is 307 g/mol. The molecule has 0 fully saturated rings. The van der Waals surface area contributed by atoms with Crippen LogP contribution < -0.4 is 5.32 Å². The van der Waals surface area contributed by atoms with Crippen molar-refractivity contribution >= 4 is 34.0 Å². The van der Waals surface area contributed by atoms with Gasteiger partial charge < -0.3 is 0 Å². The molecule has 0 aliphatic heterocycles. The number of carbonyl (C=O) groups is 1. The molecule has 0 unspecified atom stereocenters. The van der Waals surface area contributed by atoms with E-state index < -0.39 is 0 Å². The normalized spacial score (nSPS) is 10.4. The van der Waals surface area contributed by atoms with Gasteiger partial charge in [0.2, 0.25) is 0 Å². The Kier molecular flexibility index (Phi) is 3.40. The number of nitrogens with one attached hydrogen (secondary N) is 1. The maximum atomic E-state index is 12.2. The molecule has 0 bridgehead atoms. The number of amides is 1. The molecule has 20 heavy (non-hydrogen) atoms. The van der Waals surface area contributed by atoms with E-state index in [1.165, 1.54) is 22.3 Å². The Bertz CT molecular complexity index is 727. The summed E-state index contributed by atoms with van der Waals surface area (Å²) in [5, 5.41) is 16.2. The lowest BCUT2D eigenvalue weighted by Crippen LogP contribution is -2.13. The van der Waals surface area contributed by atoms with Crippen molar-refractivity contribution in [2.45, 2.75) is 0 Å². The number of rotatable bonds is 3. The topological polar surface area (TPSA) is 85.6 Å². The highest BCUT2D eigenvalue weighted by molar-refractivity contribution is 7.13. The van der Waals surface area contributed by atoms with Gasteiger partial charge in [0.15, 0.2) is 5.13 Å². The molecule has 1 aromatic carbocycles. The van der Waals surface area contributed by atoms with Crippen LogP contribution in [-0.4, -0.2) is 31.1 Å². The molecule has 0 spiro atoms. The molecule has 0 atom stereocenters. The first-order valence-electron chi connectivity index (χ1n) is 5.48. The summed E-state index contributed by atoms with van der Waals surface area (Å²) < 4.78 is 1.44. The third-order valence-corrected chi connectivity index (χ3v) is 3.48. The van der Waals surface area contributed by atoms with E-state index in [0.717, 1.165) is 0 Å². The predicted molar refractivity (Wildman–Crippen MR) is 74.2 cm³/mol. The molecule has 1 amide bonds. The Labute approximate surface area is 122 Å². The minimum atomic E-state index is -0.333. The Morgan fingerprint density at radius 3 is 3.00 bits per heavy atom. The van der Waals surface area contributed by atoms with Gasteiger partial charge in [-0.25, -0.2) is 9.67 Å². The van der Waals surface area contributed by atoms with Crippen molar-refractivity contribution in [3.8, 4) is 5.69 Å². The molecule has 0 saturated heterocycles. The lowest BCUT2D eigenvalue weighted by atomic mass is 10.2. The Hall–Kier alpha value is -2.32. The summed E-state index contributed by atoms with van der Waals surface area (Å²) in [5.74, 6) is -0.333. The monoisotopic (exact) mass is 306 g/mol. The summed E-state index contributed by atoms with van der Waals surface area (Å²) in [7, 11) is 0. The van der Waals surface area contributed by atoms with Crippen molar-refractivity contribution in [3.05, 3.63) is 46.7 Å². The van der Waals surface area contributed by atoms with Crippen LogP contribution in [0.5, 0.6) is 0 Å². The largest absolute Gasteiger partial charge is 0.298 e. The average Bonchev–Trinajstić information content (AvgIpc) is 3.11. The van der Waals surface area contributed by atoms with Crippen LogP contribution in [0.4, 0.5) is 5.13 Å². The van der Waals surface area contributed by atoms with Gasteiger partial charge >= 0.3 is 0 Å². The second-order valence-corrected chi connectivity index (χ2v) is 5.01. The summed E-state index contributed by atoms with van der Waals surface area (Å²) in [5.41, 5.74) is 0.971. The van der Waals surface area contributed by atoms with E-state index in [4.69, 9.17) is 11.6 Å². The molecule has 100 valence electrons. The SMILES string of the molecule is O=C(Nc1nccs1)c1cc(-n2cnnn2)ccc1Cl. The fourth-order valence-electron chi connectivity index (χ4n) is 1.56. The van der Waals surface area contributed by atoms with E-state index in [9.17, 15) is 4.79 Å². The van der Waals surface area contributed by atoms with Crippen LogP contribution in [0.25, 0.3) is 5.69 Å². The van der Waals surface area contributed by atoms with Crippen LogP contribution in [0, 0.1) is 0 Å². The number of tetrazole rings is 1. The molecule has 0 radical (unpaired) electrons. The fourth-order valence-corrected chi connectivity index (χ4v) is 2.29. The first-order chi connectivity index (χ1) is 9.74. The molecule has 1 N–H and O–H groups in total. The summed E-state index contributed by atoms with van der Waals surface area (Å²) in [6, 6.07) is 4.95. The minimum absolute atomic E-state index is 0.329. The predicted octanol–water partition coefficient (Wildman–Crippen LogP) is 2.02. The van der Waals surface area contributed by atoms with Crippen molar-refractivity contribution < 1.29 is 4.79 Å². The van der Waals surface area contributed by atoms with E-state index in [-0.39, 0.29) is 5.91 Å². The molecule has 3 aromatic rings. The maximum Gasteiger partial charge on any atom is 0.259 e. The standard InChI is InChI=1S/C11H7ClN6OS/c12-9-2-1-7(18-6-14-16-17-18)5-8(9)10(19)15-11-13-3-4-20-11/h1-6H,(H,13,15,19). The van der Waals surface area contributed by atoms with Gasteiger partial charge in [0.1, 0.15) is 6.33 Å². The number of nitrogens with zero attached hydrogens (tertiary/aromatic N) is 5. The summed E-state index contributed by atoms with van der Waals surface area (Å²) >= 11 is 7.38. The van der Waals surface area contributed by atoms with Crippen LogP contribution in [-0.2, 0) is 0 Å². The molecule has 2 heterocycles. The molecule has 0 saturated carbocycles. The molecule has 0 aliphatic rings. The van der Waals surface area contributed by atoms with Crippen molar-refractivity contribution in [2.24, 2.45) is 0 Å². The van der Waals surface area contributed by atoms with Crippen LogP contribution in [0.3, 0.4) is 0 Å². The third kappa shape index (κ3) is 2.51. The molecular formula is C11H7ClN6OS. The molecule has 9 heteroatoms. The smallest absolute Gasteiger partial charge is 0.259 e. The molecule has 7 nitrogen and oxygen atoms in total. The zero-order chi connectivity index (χ0) is 13.9. The lowest BCUT2D eigenvalue weighted by Gasteiger charge is -2.06. The van der Waals surface area contributed by atoms with Crippen molar-refractivity contribution in [1.82, 2.24) is 25.2 Å². The zero-order valence-corrected chi connectivity index (χ0v) is 11.5. The number of thiazole rings is 1. The first-order valence-corrected chi connectivity index (χ1v) is 6.73. The van der Waals surface area contributed by atoms with Crippen LogP contribution in [0.2, 0.25) is 5.02 Å². The van der Waals surface area contributed by atoms with E-state index in [2.05, 4.69) is 25.8 Å². The zero-order valence-electron chi connectivity index (χ0n) is 9.89. The highest BCUT2D eigenvalue weighted by Gasteiger charge is 2.13. The Morgan fingerprint density at radius 1 is 1.40 bits per heavy atom. The summed E-state index contributed by atoms with van der Waals surface area (Å²) in [6.07, 6.45) is 3.05. The van der Waals surface area contributed by atoms with Gasteiger partial charge in [0, 0.05) is 11.6 Å². The lowest BCUT2D eigenvalue weighted by molar-refractivity contribution is 0.102. The van der Waals surface area contributed by atoms with E-state index >= 15 is 0 Å². The minimum Gasteiger partial charge on any atom is -0.298 e. The number of anilines is 1. The number of hydrogen-bond acceptors (Lipinski definition) is 6.